The van der Waals surface area contributed by atoms with Gasteiger partial charge in [0.2, 0.25) is 0 Å². The van der Waals surface area contributed by atoms with Gasteiger partial charge in [0.05, 0.1) is 45.5 Å². The van der Waals surface area contributed by atoms with Crippen molar-refractivity contribution in [2.75, 3.05) is 23.5 Å². The molecule has 0 atom stereocenters. The molecule has 10 aromatic rings. The molecule has 0 saturated heterocycles. The van der Waals surface area contributed by atoms with Crippen LogP contribution < -0.4 is 9.80 Å². The van der Waals surface area contributed by atoms with Gasteiger partial charge in [-0.05, 0) is 72.8 Å². The Morgan fingerprint density at radius 1 is 0.449 bits per heavy atom. The molecule has 0 saturated carbocycles. The SMILES string of the molecule is CN1CN(c2ccc3c4ccccc4n(-c4ccc5c6ccc7oc8ccccc8c7c6n(-c6ccccc6)c5c4)c3c2)c2ccccc21. The van der Waals surface area contributed by atoms with Crippen LogP contribution in [-0.2, 0) is 0 Å². The first-order valence-corrected chi connectivity index (χ1v) is 16.8. The highest BCUT2D eigenvalue weighted by atomic mass is 16.3. The van der Waals surface area contributed by atoms with E-state index in [0.29, 0.717) is 0 Å². The van der Waals surface area contributed by atoms with E-state index in [1.807, 2.05) is 6.07 Å². The third kappa shape index (κ3) is 3.64. The van der Waals surface area contributed by atoms with Crippen molar-refractivity contribution in [2.24, 2.45) is 0 Å². The van der Waals surface area contributed by atoms with Gasteiger partial charge in [0.25, 0.3) is 0 Å². The molecular formula is C44H30N4O. The maximum atomic E-state index is 6.38. The number of benzene rings is 7. The van der Waals surface area contributed by atoms with E-state index in [9.17, 15) is 0 Å². The Bertz CT molecular complexity index is 2950. The fraction of sp³-hybridized carbons (Fsp3) is 0.0455. The van der Waals surface area contributed by atoms with Crippen LogP contribution in [0.2, 0.25) is 0 Å². The molecule has 3 aromatic heterocycles. The summed E-state index contributed by atoms with van der Waals surface area (Å²) in [6, 6.07) is 54.7. The second-order valence-corrected chi connectivity index (χ2v) is 13.1. The lowest BCUT2D eigenvalue weighted by atomic mass is 10.1. The van der Waals surface area contributed by atoms with Gasteiger partial charge in [0.15, 0.2) is 0 Å². The average Bonchev–Trinajstić information content (AvgIpc) is 3.89. The maximum absolute atomic E-state index is 6.38. The Morgan fingerprint density at radius 3 is 1.96 bits per heavy atom. The number of para-hydroxylation sites is 5. The third-order valence-corrected chi connectivity index (χ3v) is 10.4. The van der Waals surface area contributed by atoms with Gasteiger partial charge in [-0.25, -0.2) is 0 Å². The van der Waals surface area contributed by atoms with E-state index in [0.717, 1.165) is 45.5 Å². The topological polar surface area (TPSA) is 29.5 Å². The van der Waals surface area contributed by atoms with Gasteiger partial charge in [-0.2, -0.15) is 0 Å². The van der Waals surface area contributed by atoms with Crippen LogP contribution in [0.15, 0.2) is 156 Å². The molecule has 0 radical (unpaired) electrons. The van der Waals surface area contributed by atoms with Crippen molar-refractivity contribution in [2.45, 2.75) is 0 Å². The Balaban J connectivity index is 1.21. The fourth-order valence-corrected chi connectivity index (χ4v) is 8.29. The van der Waals surface area contributed by atoms with Crippen LogP contribution in [0, 0.1) is 0 Å². The van der Waals surface area contributed by atoms with E-state index in [1.54, 1.807) is 0 Å². The van der Waals surface area contributed by atoms with Crippen LogP contribution in [0.5, 0.6) is 0 Å². The molecule has 0 N–H and O–H groups in total. The van der Waals surface area contributed by atoms with Gasteiger partial charge in [-0.1, -0.05) is 78.9 Å². The Labute approximate surface area is 282 Å². The molecule has 0 amide bonds. The summed E-state index contributed by atoms with van der Waals surface area (Å²) in [6.45, 7) is 0.811. The molecule has 0 unspecified atom stereocenters. The molecular weight excluding hydrogens is 601 g/mol. The van der Waals surface area contributed by atoms with Gasteiger partial charge >= 0.3 is 0 Å². The molecule has 0 bridgehead atoms. The molecule has 0 spiro atoms. The number of furan rings is 1. The highest BCUT2D eigenvalue weighted by Gasteiger charge is 2.25. The number of aromatic nitrogens is 2. The van der Waals surface area contributed by atoms with Gasteiger partial charge in [-0.15, -0.1) is 0 Å². The quantitative estimate of drug-likeness (QED) is 0.195. The van der Waals surface area contributed by atoms with E-state index in [4.69, 9.17) is 4.42 Å². The first kappa shape index (κ1) is 26.6. The van der Waals surface area contributed by atoms with Crippen molar-refractivity contribution in [3.05, 3.63) is 152 Å². The lowest BCUT2D eigenvalue weighted by Crippen LogP contribution is -2.23. The molecule has 232 valence electrons. The first-order chi connectivity index (χ1) is 24.2. The summed E-state index contributed by atoms with van der Waals surface area (Å²) < 4.78 is 11.2. The van der Waals surface area contributed by atoms with Crippen molar-refractivity contribution in [3.63, 3.8) is 0 Å². The summed E-state index contributed by atoms with van der Waals surface area (Å²) in [5.74, 6) is 0. The number of rotatable bonds is 3. The van der Waals surface area contributed by atoms with Crippen LogP contribution in [0.4, 0.5) is 17.1 Å². The predicted octanol–water partition coefficient (Wildman–Crippen LogP) is 11.3. The number of hydrogen-bond acceptors (Lipinski definition) is 3. The molecule has 49 heavy (non-hydrogen) atoms. The van der Waals surface area contributed by atoms with E-state index in [-0.39, 0.29) is 0 Å². The maximum Gasteiger partial charge on any atom is 0.137 e. The van der Waals surface area contributed by atoms with E-state index < -0.39 is 0 Å². The zero-order chi connectivity index (χ0) is 32.2. The van der Waals surface area contributed by atoms with Crippen molar-refractivity contribution in [1.82, 2.24) is 9.13 Å². The van der Waals surface area contributed by atoms with Gasteiger partial charge in [0.1, 0.15) is 11.2 Å². The summed E-state index contributed by atoms with van der Waals surface area (Å²) in [5.41, 5.74) is 12.4. The Hall–Kier alpha value is -6.46. The summed E-state index contributed by atoms with van der Waals surface area (Å²) >= 11 is 0. The van der Waals surface area contributed by atoms with Crippen LogP contribution in [-0.4, -0.2) is 22.9 Å². The van der Waals surface area contributed by atoms with Crippen molar-refractivity contribution >= 4 is 82.6 Å². The first-order valence-electron chi connectivity index (χ1n) is 16.8. The second kappa shape index (κ2) is 9.78. The lowest BCUT2D eigenvalue weighted by molar-refractivity contribution is 0.669. The lowest BCUT2D eigenvalue weighted by Gasteiger charge is -2.20. The fourth-order valence-electron chi connectivity index (χ4n) is 8.29. The molecule has 1 aliphatic heterocycles. The summed E-state index contributed by atoms with van der Waals surface area (Å²) in [4.78, 5) is 4.72. The molecule has 5 nitrogen and oxygen atoms in total. The molecule has 0 aliphatic carbocycles. The van der Waals surface area contributed by atoms with E-state index in [2.05, 4.69) is 172 Å². The molecule has 0 fully saturated rings. The van der Waals surface area contributed by atoms with Crippen molar-refractivity contribution in [1.29, 1.82) is 0 Å². The molecule has 1 aliphatic rings. The highest BCUT2D eigenvalue weighted by Crippen LogP contribution is 2.44. The molecule has 11 rings (SSSR count). The number of nitrogens with zero attached hydrogens (tertiary/aromatic N) is 4. The zero-order valence-corrected chi connectivity index (χ0v) is 26.8. The Morgan fingerprint density at radius 2 is 1.08 bits per heavy atom. The van der Waals surface area contributed by atoms with Crippen LogP contribution >= 0.6 is 0 Å². The standard InChI is InChI=1S/C44H30N4O/c1-45-27-46(38-17-9-8-16-37(38)45)29-19-21-32-31-13-5-7-15-36(31)47(39(32)25-29)30-20-22-33-34-23-24-42-43(35-14-6-10-18-41(35)49-42)44(34)48(40(33)26-30)28-11-3-2-4-12-28/h2-26H,27H2,1H3. The highest BCUT2D eigenvalue weighted by molar-refractivity contribution is 6.24. The second-order valence-electron chi connectivity index (χ2n) is 13.1. The van der Waals surface area contributed by atoms with Crippen molar-refractivity contribution < 1.29 is 4.42 Å². The molecule has 5 heteroatoms. The smallest absolute Gasteiger partial charge is 0.137 e. The van der Waals surface area contributed by atoms with Gasteiger partial charge in [0, 0.05) is 51.0 Å². The van der Waals surface area contributed by atoms with Crippen LogP contribution in [0.1, 0.15) is 0 Å². The summed E-state index contributed by atoms with van der Waals surface area (Å²) in [5, 5.41) is 7.20. The predicted molar refractivity (Wildman–Crippen MR) is 204 cm³/mol. The summed E-state index contributed by atoms with van der Waals surface area (Å²) in [7, 11) is 2.16. The number of hydrogen-bond donors (Lipinski definition) is 0. The van der Waals surface area contributed by atoms with Crippen LogP contribution in [0.25, 0.3) is 76.9 Å². The largest absolute Gasteiger partial charge is 0.456 e. The normalized spacial score (nSPS) is 13.2. The van der Waals surface area contributed by atoms with Crippen molar-refractivity contribution in [3.8, 4) is 11.4 Å². The minimum absolute atomic E-state index is 0.811. The molecule has 7 aromatic carbocycles. The van der Waals surface area contributed by atoms with Gasteiger partial charge in [-0.3, -0.25) is 0 Å². The number of fused-ring (bicyclic) bond motifs is 11. The third-order valence-electron chi connectivity index (χ3n) is 10.4. The van der Waals surface area contributed by atoms with E-state index >= 15 is 0 Å². The Kier molecular flexibility index (Phi) is 5.31. The minimum Gasteiger partial charge on any atom is -0.456 e. The average molecular weight is 631 g/mol. The minimum atomic E-state index is 0.811. The van der Waals surface area contributed by atoms with Crippen LogP contribution in [0.3, 0.4) is 0 Å². The molecule has 4 heterocycles. The van der Waals surface area contributed by atoms with Gasteiger partial charge < -0.3 is 23.4 Å². The number of anilines is 3. The summed E-state index contributed by atoms with van der Waals surface area (Å²) in [6.07, 6.45) is 0. The van der Waals surface area contributed by atoms with E-state index in [1.165, 1.54) is 55.2 Å². The zero-order valence-electron chi connectivity index (χ0n) is 26.8. The monoisotopic (exact) mass is 630 g/mol.